The third-order valence-corrected chi connectivity index (χ3v) is 7.71. The molecule has 1 aromatic carbocycles. The van der Waals surface area contributed by atoms with Crippen LogP contribution < -0.4 is 10.6 Å². The van der Waals surface area contributed by atoms with E-state index in [9.17, 15) is 31.2 Å². The fourth-order valence-corrected chi connectivity index (χ4v) is 5.90. The lowest BCUT2D eigenvalue weighted by molar-refractivity contribution is -0.216. The monoisotopic (exact) mass is 501 g/mol. The van der Waals surface area contributed by atoms with Crippen LogP contribution in [-0.2, 0) is 45.3 Å². The molecule has 0 unspecified atom stereocenters. The molecule has 34 heavy (non-hydrogen) atoms. The number of alkyl halides is 3. The molecule has 0 spiro atoms. The van der Waals surface area contributed by atoms with Gasteiger partial charge < -0.3 is 15.5 Å². The van der Waals surface area contributed by atoms with Crippen LogP contribution in [0.2, 0.25) is 0 Å². The Morgan fingerprint density at radius 1 is 1.12 bits per heavy atom. The van der Waals surface area contributed by atoms with Crippen molar-refractivity contribution in [2.75, 3.05) is 11.9 Å². The average molecular weight is 502 g/mol. The average Bonchev–Trinajstić information content (AvgIpc) is 3.49. The summed E-state index contributed by atoms with van der Waals surface area (Å²) in [7, 11) is -4.89. The van der Waals surface area contributed by atoms with E-state index in [1.54, 1.807) is 13.0 Å². The molecule has 0 bridgehead atoms. The van der Waals surface area contributed by atoms with Crippen molar-refractivity contribution >= 4 is 27.7 Å². The normalized spacial score (nSPS) is 22.0. The minimum atomic E-state index is -5.49. The summed E-state index contributed by atoms with van der Waals surface area (Å²) < 4.78 is 63.7. The number of fused-ring (bicyclic) bond motifs is 3. The van der Waals surface area contributed by atoms with Crippen LogP contribution in [0.15, 0.2) is 17.6 Å². The van der Waals surface area contributed by atoms with Gasteiger partial charge in [0.2, 0.25) is 0 Å². The Balaban J connectivity index is 1.64. The zero-order chi connectivity index (χ0) is 24.7. The van der Waals surface area contributed by atoms with Crippen LogP contribution in [0.25, 0.3) is 0 Å². The number of urea groups is 1. The number of anilines is 1. The van der Waals surface area contributed by atoms with Gasteiger partial charge in [-0.15, -0.1) is 0 Å². The van der Waals surface area contributed by atoms with Crippen molar-refractivity contribution in [3.63, 3.8) is 0 Å². The predicted octanol–water partition coefficient (Wildman–Crippen LogP) is 3.50. The highest BCUT2D eigenvalue weighted by atomic mass is 32.2. The first-order valence-corrected chi connectivity index (χ1v) is 12.7. The number of aryl methyl sites for hydroxylation is 1. The number of nitrogens with one attached hydrogen (secondary N) is 2. The Labute approximate surface area is 195 Å². The van der Waals surface area contributed by atoms with Crippen LogP contribution in [0, 0.1) is 0 Å². The molecule has 1 saturated heterocycles. The van der Waals surface area contributed by atoms with E-state index in [1.807, 2.05) is 0 Å². The quantitative estimate of drug-likeness (QED) is 0.612. The van der Waals surface area contributed by atoms with Crippen LogP contribution in [-0.4, -0.2) is 43.1 Å². The molecule has 1 aliphatic heterocycles. The Bertz CT molecular complexity index is 1140. The van der Waals surface area contributed by atoms with Crippen LogP contribution in [0.1, 0.15) is 54.9 Å². The number of hydrogen-bond donors (Lipinski definition) is 2. The molecular weight excluding hydrogens is 475 g/mol. The van der Waals surface area contributed by atoms with Gasteiger partial charge in [-0.25, -0.2) is 9.59 Å². The zero-order valence-corrected chi connectivity index (χ0v) is 19.4. The van der Waals surface area contributed by atoms with Gasteiger partial charge >= 0.3 is 18.2 Å². The summed E-state index contributed by atoms with van der Waals surface area (Å²) in [5.41, 5.74) is 3.81. The summed E-state index contributed by atoms with van der Waals surface area (Å²) in [6.07, 6.45) is 2.12. The molecule has 1 aromatic rings. The largest absolute Gasteiger partial charge is 0.493 e. The molecule has 2 amide bonds. The number of sulfonamides is 1. The Morgan fingerprint density at radius 3 is 2.47 bits per heavy atom. The molecule has 186 valence electrons. The lowest BCUT2D eigenvalue weighted by atomic mass is 9.98. The number of carbonyl (C=O) groups is 2. The topological polar surface area (TPSA) is 105 Å². The zero-order valence-electron chi connectivity index (χ0n) is 18.6. The van der Waals surface area contributed by atoms with E-state index < -0.39 is 38.2 Å². The first-order valence-electron chi connectivity index (χ1n) is 11.2. The molecule has 8 nitrogen and oxygen atoms in total. The van der Waals surface area contributed by atoms with E-state index in [4.69, 9.17) is 0 Å². The van der Waals surface area contributed by atoms with Crippen LogP contribution in [0.4, 0.5) is 23.7 Å². The molecular formula is C22H26F3N3O5S. The third kappa shape index (κ3) is 4.92. The molecule has 2 N–H and O–H groups in total. The lowest BCUT2D eigenvalue weighted by Gasteiger charge is -2.23. The van der Waals surface area contributed by atoms with E-state index >= 15 is 0 Å². The van der Waals surface area contributed by atoms with Crippen LogP contribution >= 0.6 is 0 Å². The van der Waals surface area contributed by atoms with E-state index in [0.717, 1.165) is 55.2 Å². The third-order valence-electron chi connectivity index (χ3n) is 6.53. The molecule has 0 saturated carbocycles. The number of rotatable bonds is 4. The Hall–Kier alpha value is -2.60. The van der Waals surface area contributed by atoms with Gasteiger partial charge in [0.15, 0.2) is 0 Å². The number of nitrogens with zero attached hydrogens (tertiary/aromatic N) is 1. The van der Waals surface area contributed by atoms with E-state index in [-0.39, 0.29) is 0 Å². The molecule has 4 rings (SSSR count). The maximum Gasteiger partial charge on any atom is 0.493 e. The number of hydrogen-bond acceptors (Lipinski definition) is 6. The van der Waals surface area contributed by atoms with Crippen molar-refractivity contribution in [3.8, 4) is 0 Å². The summed E-state index contributed by atoms with van der Waals surface area (Å²) in [5.74, 6) is -2.82. The van der Waals surface area contributed by atoms with Crippen LogP contribution in [0.3, 0.4) is 0 Å². The molecule has 0 aromatic heterocycles. The van der Waals surface area contributed by atoms with E-state index in [2.05, 4.69) is 15.5 Å². The first kappa shape index (κ1) is 24.5. The van der Waals surface area contributed by atoms with Gasteiger partial charge in [0, 0.05) is 11.2 Å². The minimum Gasteiger partial charge on any atom is -0.312 e. The molecule has 12 heteroatoms. The number of carbonyl (C=O) groups excluding carboxylic acids is 2. The van der Waals surface area contributed by atoms with Crippen LogP contribution in [0.5, 0.6) is 0 Å². The lowest BCUT2D eigenvalue weighted by Crippen LogP contribution is -2.44. The SMILES string of the molecule is C[C@]1(/C=C/S(=O)(=O)N(OC(=O)C(F)(F)F)C(=O)Nc2cc3c(c4c2CCC4)CCC3)CCCN1. The highest BCUT2D eigenvalue weighted by Gasteiger charge is 2.46. The smallest absolute Gasteiger partial charge is 0.312 e. The molecule has 1 heterocycles. The van der Waals surface area contributed by atoms with E-state index in [0.29, 0.717) is 30.5 Å². The van der Waals surface area contributed by atoms with Gasteiger partial charge in [-0.3, -0.25) is 0 Å². The summed E-state index contributed by atoms with van der Waals surface area (Å²) >= 11 is 0. The molecule has 1 fully saturated rings. The number of benzene rings is 1. The van der Waals surface area contributed by atoms with Crippen molar-refractivity contribution in [2.24, 2.45) is 0 Å². The molecule has 2 aliphatic carbocycles. The fourth-order valence-electron chi connectivity index (χ4n) is 4.87. The molecule has 1 atom stereocenters. The second kappa shape index (κ2) is 8.88. The Kier molecular flexibility index (Phi) is 6.40. The predicted molar refractivity (Wildman–Crippen MR) is 117 cm³/mol. The van der Waals surface area contributed by atoms with Crippen molar-refractivity contribution in [3.05, 3.63) is 39.8 Å². The molecule has 0 radical (unpaired) electrons. The molecule has 3 aliphatic rings. The van der Waals surface area contributed by atoms with E-state index in [1.165, 1.54) is 11.6 Å². The van der Waals surface area contributed by atoms with Gasteiger partial charge in [-0.1, -0.05) is 6.08 Å². The maximum atomic E-state index is 12.9. The summed E-state index contributed by atoms with van der Waals surface area (Å²) in [6, 6.07) is 0.235. The van der Waals surface area contributed by atoms with Gasteiger partial charge in [-0.2, -0.15) is 21.6 Å². The Morgan fingerprint density at radius 2 is 1.79 bits per heavy atom. The summed E-state index contributed by atoms with van der Waals surface area (Å²) in [4.78, 5) is 28.5. The summed E-state index contributed by atoms with van der Waals surface area (Å²) in [5, 5.41) is 6.04. The first-order chi connectivity index (χ1) is 15.9. The maximum absolute atomic E-state index is 12.9. The number of amides is 2. The second-order valence-electron chi connectivity index (χ2n) is 9.06. The van der Waals surface area contributed by atoms with Crippen molar-refractivity contribution in [1.82, 2.24) is 9.79 Å². The van der Waals surface area contributed by atoms with Gasteiger partial charge in [-0.05, 0) is 97.6 Å². The standard InChI is InChI=1S/C22H26F3N3O5S/c1-21(9-4-11-26-21)10-12-34(31,32)28(33-19(29)22(23,24)25)20(30)27-18-13-14-5-2-6-15(14)16-7-3-8-17(16)18/h10,12-13,26H,2-9,11H2,1H3,(H,27,30)/b12-10+/t21-/m1/s1. The van der Waals surface area contributed by atoms with Gasteiger partial charge in [0.25, 0.3) is 10.0 Å². The van der Waals surface area contributed by atoms with Crippen molar-refractivity contribution < 1.29 is 36.0 Å². The van der Waals surface area contributed by atoms with Crippen molar-refractivity contribution in [2.45, 2.75) is 70.0 Å². The fraction of sp³-hybridized carbons (Fsp3) is 0.545. The minimum absolute atomic E-state index is 0.329. The second-order valence-corrected chi connectivity index (χ2v) is 10.7. The van der Waals surface area contributed by atoms with Gasteiger partial charge in [0.05, 0.1) is 5.41 Å². The summed E-state index contributed by atoms with van der Waals surface area (Å²) in [6.45, 7) is 2.35. The highest BCUT2D eigenvalue weighted by Crippen LogP contribution is 2.38. The highest BCUT2D eigenvalue weighted by molar-refractivity contribution is 7.92. The number of halogens is 3. The van der Waals surface area contributed by atoms with Crippen molar-refractivity contribution in [1.29, 1.82) is 0 Å². The number of hydroxylamine groups is 1. The van der Waals surface area contributed by atoms with Gasteiger partial charge in [0.1, 0.15) is 0 Å².